The van der Waals surface area contributed by atoms with E-state index in [-0.39, 0.29) is 5.91 Å². The first-order chi connectivity index (χ1) is 8.02. The molecule has 2 N–H and O–H groups in total. The van der Waals surface area contributed by atoms with E-state index in [9.17, 15) is 4.79 Å². The summed E-state index contributed by atoms with van der Waals surface area (Å²) in [5.74, 6) is 0.907. The summed E-state index contributed by atoms with van der Waals surface area (Å²) < 4.78 is 0. The fourth-order valence-corrected chi connectivity index (χ4v) is 2.28. The van der Waals surface area contributed by atoms with Gasteiger partial charge in [-0.3, -0.25) is 15.1 Å². The monoisotopic (exact) mass is 252 g/mol. The van der Waals surface area contributed by atoms with Crippen molar-refractivity contribution >= 4 is 23.2 Å². The van der Waals surface area contributed by atoms with Gasteiger partial charge in [-0.1, -0.05) is 13.8 Å². The van der Waals surface area contributed by atoms with Crippen LogP contribution in [0.25, 0.3) is 0 Å². The fourth-order valence-electron chi connectivity index (χ4n) is 1.53. The van der Waals surface area contributed by atoms with Crippen molar-refractivity contribution in [2.45, 2.75) is 26.3 Å². The molecule has 1 aliphatic rings. The van der Waals surface area contributed by atoms with Crippen LogP contribution >= 0.6 is 11.3 Å². The molecular formula is C11H16N4OS. The lowest BCUT2D eigenvalue weighted by Gasteiger charge is -2.17. The summed E-state index contributed by atoms with van der Waals surface area (Å²) in [6.07, 6.45) is 1.70. The summed E-state index contributed by atoms with van der Waals surface area (Å²) >= 11 is 1.46. The highest BCUT2D eigenvalue weighted by atomic mass is 32.1. The molecule has 1 amide bonds. The number of carbonyl (C=O) groups is 1. The number of hydrogen-bond acceptors (Lipinski definition) is 4. The third-order valence-corrected chi connectivity index (χ3v) is 3.52. The third-order valence-electron chi connectivity index (χ3n) is 2.53. The average Bonchev–Trinajstić information content (AvgIpc) is 2.86. The van der Waals surface area contributed by atoms with Crippen molar-refractivity contribution < 1.29 is 4.79 Å². The van der Waals surface area contributed by atoms with Crippen molar-refractivity contribution in [2.24, 2.45) is 10.9 Å². The van der Waals surface area contributed by atoms with Crippen molar-refractivity contribution in [1.29, 1.82) is 0 Å². The lowest BCUT2D eigenvalue weighted by molar-refractivity contribution is -0.123. The van der Waals surface area contributed by atoms with Gasteiger partial charge in [0.2, 0.25) is 0 Å². The zero-order chi connectivity index (χ0) is 12.5. The van der Waals surface area contributed by atoms with Crippen LogP contribution in [0, 0.1) is 5.92 Å². The van der Waals surface area contributed by atoms with Crippen molar-refractivity contribution in [3.8, 4) is 0 Å². The lowest BCUT2D eigenvalue weighted by atomic mass is 10.1. The van der Waals surface area contributed by atoms with Crippen molar-refractivity contribution in [3.63, 3.8) is 0 Å². The molecule has 2 heterocycles. The number of aromatic nitrogens is 1. The number of aliphatic imine (C=N–C) groups is 1. The summed E-state index contributed by atoms with van der Waals surface area (Å²) in [7, 11) is 0. The standard InChI is InChI=1S/C11H16N4OS/c1-7(2)6-13-10-14-8(16)11(3,15-10)9-12-4-5-17-9/h4-5,7H,6H2,1-3H3,(H2,13,14,15,16). The van der Waals surface area contributed by atoms with Crippen LogP contribution in [0.1, 0.15) is 25.8 Å². The summed E-state index contributed by atoms with van der Waals surface area (Å²) in [5, 5.41) is 8.48. The van der Waals surface area contributed by atoms with Crippen molar-refractivity contribution in [1.82, 2.24) is 15.6 Å². The van der Waals surface area contributed by atoms with Crippen LogP contribution in [0.3, 0.4) is 0 Å². The van der Waals surface area contributed by atoms with Gasteiger partial charge in [0, 0.05) is 18.1 Å². The number of guanidine groups is 1. The molecule has 5 nitrogen and oxygen atoms in total. The van der Waals surface area contributed by atoms with Gasteiger partial charge in [0.15, 0.2) is 11.5 Å². The first-order valence-corrected chi connectivity index (χ1v) is 6.44. The number of amides is 1. The molecule has 0 bridgehead atoms. The Hall–Kier alpha value is -1.43. The zero-order valence-electron chi connectivity index (χ0n) is 10.2. The highest BCUT2D eigenvalue weighted by Crippen LogP contribution is 2.25. The Balaban J connectivity index is 2.18. The molecule has 1 aliphatic heterocycles. The van der Waals surface area contributed by atoms with E-state index in [0.717, 1.165) is 5.01 Å². The second kappa shape index (κ2) is 4.44. The zero-order valence-corrected chi connectivity index (χ0v) is 11.0. The third kappa shape index (κ3) is 2.31. The molecule has 0 saturated carbocycles. The molecule has 0 aromatic carbocycles. The molecule has 0 spiro atoms. The quantitative estimate of drug-likeness (QED) is 0.846. The first-order valence-electron chi connectivity index (χ1n) is 5.56. The van der Waals surface area contributed by atoms with Crippen LogP contribution < -0.4 is 10.6 Å². The molecule has 1 fully saturated rings. The average molecular weight is 252 g/mol. The molecule has 1 saturated heterocycles. The summed E-state index contributed by atoms with van der Waals surface area (Å²) in [6.45, 7) is 6.68. The summed E-state index contributed by atoms with van der Waals surface area (Å²) in [6, 6.07) is 0. The van der Waals surface area contributed by atoms with E-state index in [2.05, 4.69) is 34.5 Å². The Labute approximate surface area is 104 Å². The maximum atomic E-state index is 12.0. The summed E-state index contributed by atoms with van der Waals surface area (Å²) in [4.78, 5) is 20.5. The molecule has 17 heavy (non-hydrogen) atoms. The Morgan fingerprint density at radius 1 is 1.59 bits per heavy atom. The van der Waals surface area contributed by atoms with Crippen LogP contribution in [0.15, 0.2) is 16.6 Å². The van der Waals surface area contributed by atoms with Gasteiger partial charge in [0.25, 0.3) is 5.91 Å². The van der Waals surface area contributed by atoms with E-state index >= 15 is 0 Å². The minimum absolute atomic E-state index is 0.102. The van der Waals surface area contributed by atoms with Gasteiger partial charge in [0.1, 0.15) is 5.01 Å². The normalized spacial score (nSPS) is 26.4. The molecule has 2 rings (SSSR count). The Morgan fingerprint density at radius 2 is 2.35 bits per heavy atom. The lowest BCUT2D eigenvalue weighted by Crippen LogP contribution is -2.40. The van der Waals surface area contributed by atoms with Gasteiger partial charge in [-0.15, -0.1) is 11.3 Å². The van der Waals surface area contributed by atoms with Crippen LogP contribution in [0.2, 0.25) is 0 Å². The predicted molar refractivity (Wildman–Crippen MR) is 67.9 cm³/mol. The fraction of sp³-hybridized carbons (Fsp3) is 0.545. The number of hydrogen-bond donors (Lipinski definition) is 2. The van der Waals surface area contributed by atoms with Crippen LogP contribution in [0.4, 0.5) is 0 Å². The van der Waals surface area contributed by atoms with Gasteiger partial charge >= 0.3 is 0 Å². The van der Waals surface area contributed by atoms with Gasteiger partial charge in [-0.05, 0) is 12.8 Å². The summed E-state index contributed by atoms with van der Waals surface area (Å²) in [5.41, 5.74) is -0.788. The molecule has 1 aromatic heterocycles. The topological polar surface area (TPSA) is 66.4 Å². The second-order valence-electron chi connectivity index (χ2n) is 4.62. The number of thiazole rings is 1. The first kappa shape index (κ1) is 12.0. The molecule has 1 aromatic rings. The van der Waals surface area contributed by atoms with Crippen molar-refractivity contribution in [3.05, 3.63) is 16.6 Å². The smallest absolute Gasteiger partial charge is 0.259 e. The Kier molecular flexibility index (Phi) is 3.15. The van der Waals surface area contributed by atoms with Gasteiger partial charge in [-0.25, -0.2) is 4.98 Å². The maximum absolute atomic E-state index is 12.0. The molecule has 92 valence electrons. The van der Waals surface area contributed by atoms with Crippen LogP contribution in [-0.4, -0.2) is 23.4 Å². The van der Waals surface area contributed by atoms with E-state index < -0.39 is 5.54 Å². The second-order valence-corrected chi connectivity index (χ2v) is 5.52. The van der Waals surface area contributed by atoms with Crippen LogP contribution in [-0.2, 0) is 10.3 Å². The number of nitrogens with one attached hydrogen (secondary N) is 2. The Bertz CT molecular complexity index is 440. The minimum atomic E-state index is -0.788. The SMILES string of the molecule is CC(C)CN=C1NC(=O)C(C)(c2nccs2)N1. The van der Waals surface area contributed by atoms with E-state index in [1.807, 2.05) is 12.3 Å². The highest BCUT2D eigenvalue weighted by Gasteiger charge is 2.44. The van der Waals surface area contributed by atoms with Gasteiger partial charge in [-0.2, -0.15) is 0 Å². The number of nitrogens with zero attached hydrogens (tertiary/aromatic N) is 2. The number of rotatable bonds is 3. The van der Waals surface area contributed by atoms with E-state index in [4.69, 9.17) is 0 Å². The van der Waals surface area contributed by atoms with E-state index in [0.29, 0.717) is 18.4 Å². The molecule has 6 heteroatoms. The predicted octanol–water partition coefficient (Wildman–Crippen LogP) is 1.09. The van der Waals surface area contributed by atoms with Gasteiger partial charge < -0.3 is 5.32 Å². The van der Waals surface area contributed by atoms with Gasteiger partial charge in [0.05, 0.1) is 0 Å². The molecule has 1 atom stereocenters. The highest BCUT2D eigenvalue weighted by molar-refractivity contribution is 7.09. The molecule has 0 radical (unpaired) electrons. The Morgan fingerprint density at radius 3 is 2.94 bits per heavy atom. The molecular weight excluding hydrogens is 236 g/mol. The van der Waals surface area contributed by atoms with Crippen LogP contribution in [0.5, 0.6) is 0 Å². The molecule has 1 unspecified atom stereocenters. The number of carbonyl (C=O) groups excluding carboxylic acids is 1. The van der Waals surface area contributed by atoms with Crippen molar-refractivity contribution in [2.75, 3.05) is 6.54 Å². The maximum Gasteiger partial charge on any atom is 0.259 e. The molecule has 0 aliphatic carbocycles. The van der Waals surface area contributed by atoms with E-state index in [1.165, 1.54) is 11.3 Å². The largest absolute Gasteiger partial charge is 0.336 e. The van der Waals surface area contributed by atoms with E-state index in [1.54, 1.807) is 6.20 Å². The minimum Gasteiger partial charge on any atom is -0.336 e.